The normalized spacial score (nSPS) is 13.5. The van der Waals surface area contributed by atoms with Gasteiger partial charge in [-0.2, -0.15) is 0 Å². The molecule has 0 amide bonds. The summed E-state index contributed by atoms with van der Waals surface area (Å²) in [7, 11) is 0. The van der Waals surface area contributed by atoms with Gasteiger partial charge < -0.3 is 11.5 Å². The van der Waals surface area contributed by atoms with E-state index in [1.807, 2.05) is 6.07 Å². The van der Waals surface area contributed by atoms with Crippen molar-refractivity contribution in [3.05, 3.63) is 21.9 Å². The van der Waals surface area contributed by atoms with Crippen molar-refractivity contribution < 1.29 is 0 Å². The van der Waals surface area contributed by atoms with Gasteiger partial charge in [0, 0.05) is 16.3 Å². The highest BCUT2D eigenvalue weighted by Crippen LogP contribution is 2.19. The molecule has 0 bridgehead atoms. The average molecular weight is 156 g/mol. The van der Waals surface area contributed by atoms with Crippen LogP contribution in [0.4, 0.5) is 0 Å². The van der Waals surface area contributed by atoms with Gasteiger partial charge in [-0.1, -0.05) is 0 Å². The van der Waals surface area contributed by atoms with Gasteiger partial charge in [-0.25, -0.2) is 0 Å². The molecular formula is C7H12N2S. The Bertz CT molecular complexity index is 207. The Labute approximate surface area is 64.8 Å². The maximum absolute atomic E-state index is 5.69. The van der Waals surface area contributed by atoms with E-state index in [1.165, 1.54) is 9.75 Å². The second-order valence-electron chi connectivity index (χ2n) is 2.29. The van der Waals surface area contributed by atoms with Crippen LogP contribution in [0.15, 0.2) is 12.1 Å². The predicted octanol–water partition coefficient (Wildman–Crippen LogP) is 1.02. The van der Waals surface area contributed by atoms with Crippen molar-refractivity contribution in [2.24, 2.45) is 11.5 Å². The van der Waals surface area contributed by atoms with Crippen LogP contribution in [0.1, 0.15) is 15.8 Å². The topological polar surface area (TPSA) is 52.0 Å². The van der Waals surface area contributed by atoms with E-state index in [2.05, 4.69) is 13.0 Å². The molecule has 2 nitrogen and oxygen atoms in total. The Hall–Kier alpha value is -0.380. The number of thiophene rings is 1. The quantitative estimate of drug-likeness (QED) is 0.671. The summed E-state index contributed by atoms with van der Waals surface area (Å²) >= 11 is 1.72. The molecule has 1 aromatic rings. The molecule has 0 aliphatic rings. The second kappa shape index (κ2) is 3.14. The minimum Gasteiger partial charge on any atom is -0.329 e. The molecule has 1 aromatic heterocycles. The van der Waals surface area contributed by atoms with Gasteiger partial charge in [0.2, 0.25) is 0 Å². The van der Waals surface area contributed by atoms with E-state index in [4.69, 9.17) is 11.5 Å². The van der Waals surface area contributed by atoms with Crippen molar-refractivity contribution in [3.8, 4) is 0 Å². The zero-order chi connectivity index (χ0) is 7.56. The average Bonchev–Trinajstić information content (AvgIpc) is 2.34. The second-order valence-corrected chi connectivity index (χ2v) is 3.61. The molecule has 0 aromatic carbocycles. The van der Waals surface area contributed by atoms with Gasteiger partial charge in [0.15, 0.2) is 0 Å². The summed E-state index contributed by atoms with van der Waals surface area (Å²) in [6.07, 6.45) is 0. The fourth-order valence-electron chi connectivity index (χ4n) is 0.769. The predicted molar refractivity (Wildman–Crippen MR) is 45.0 cm³/mol. The van der Waals surface area contributed by atoms with E-state index < -0.39 is 0 Å². The maximum Gasteiger partial charge on any atom is 0.0514 e. The first kappa shape index (κ1) is 7.72. The van der Waals surface area contributed by atoms with E-state index >= 15 is 0 Å². The van der Waals surface area contributed by atoms with E-state index in [1.54, 1.807) is 11.3 Å². The molecule has 0 fully saturated rings. The van der Waals surface area contributed by atoms with Crippen LogP contribution in [-0.4, -0.2) is 6.54 Å². The largest absolute Gasteiger partial charge is 0.329 e. The van der Waals surface area contributed by atoms with E-state index in [-0.39, 0.29) is 6.04 Å². The van der Waals surface area contributed by atoms with E-state index in [0.29, 0.717) is 6.54 Å². The molecule has 3 heteroatoms. The van der Waals surface area contributed by atoms with Crippen molar-refractivity contribution in [2.45, 2.75) is 13.0 Å². The lowest BCUT2D eigenvalue weighted by Gasteiger charge is -2.03. The van der Waals surface area contributed by atoms with Crippen LogP contribution >= 0.6 is 11.3 Å². The van der Waals surface area contributed by atoms with E-state index in [9.17, 15) is 0 Å². The molecule has 0 aliphatic carbocycles. The van der Waals surface area contributed by atoms with Crippen LogP contribution in [0.3, 0.4) is 0 Å². The highest BCUT2D eigenvalue weighted by molar-refractivity contribution is 7.12. The van der Waals surface area contributed by atoms with Gasteiger partial charge in [-0.05, 0) is 19.1 Å². The summed E-state index contributed by atoms with van der Waals surface area (Å²) < 4.78 is 0. The van der Waals surface area contributed by atoms with Crippen molar-refractivity contribution >= 4 is 11.3 Å². The Morgan fingerprint density at radius 1 is 1.60 bits per heavy atom. The number of hydrogen-bond acceptors (Lipinski definition) is 3. The van der Waals surface area contributed by atoms with Gasteiger partial charge in [-0.15, -0.1) is 11.3 Å². The van der Waals surface area contributed by atoms with Crippen molar-refractivity contribution in [2.75, 3.05) is 6.54 Å². The lowest BCUT2D eigenvalue weighted by atomic mass is 10.2. The first-order chi connectivity index (χ1) is 4.74. The summed E-state index contributed by atoms with van der Waals surface area (Å²) in [5.74, 6) is 0. The highest BCUT2D eigenvalue weighted by Gasteiger charge is 2.04. The van der Waals surface area contributed by atoms with Crippen LogP contribution in [0.25, 0.3) is 0 Å². The Morgan fingerprint density at radius 2 is 2.30 bits per heavy atom. The first-order valence-corrected chi connectivity index (χ1v) is 4.07. The smallest absolute Gasteiger partial charge is 0.0514 e. The summed E-state index contributed by atoms with van der Waals surface area (Å²) in [6, 6.07) is 4.13. The molecule has 0 radical (unpaired) electrons. The minimum atomic E-state index is 0.0266. The monoisotopic (exact) mass is 156 g/mol. The van der Waals surface area contributed by atoms with Crippen LogP contribution in [-0.2, 0) is 0 Å². The van der Waals surface area contributed by atoms with E-state index in [0.717, 1.165) is 0 Å². The van der Waals surface area contributed by atoms with Crippen LogP contribution in [0.2, 0.25) is 0 Å². The molecule has 1 unspecified atom stereocenters. The first-order valence-electron chi connectivity index (χ1n) is 3.26. The third-order valence-corrected chi connectivity index (χ3v) is 2.51. The molecule has 0 saturated carbocycles. The molecule has 1 rings (SSSR count). The summed E-state index contributed by atoms with van der Waals surface area (Å²) in [6.45, 7) is 2.59. The summed E-state index contributed by atoms with van der Waals surface area (Å²) in [5, 5.41) is 0. The molecule has 0 saturated heterocycles. The third-order valence-electron chi connectivity index (χ3n) is 1.38. The third kappa shape index (κ3) is 1.56. The highest BCUT2D eigenvalue weighted by atomic mass is 32.1. The van der Waals surface area contributed by atoms with Gasteiger partial charge in [-0.3, -0.25) is 0 Å². The minimum absolute atomic E-state index is 0.0266. The Kier molecular flexibility index (Phi) is 2.43. The Morgan fingerprint density at radius 3 is 2.70 bits per heavy atom. The van der Waals surface area contributed by atoms with Gasteiger partial charge in [0.1, 0.15) is 0 Å². The fraction of sp³-hybridized carbons (Fsp3) is 0.429. The summed E-state index contributed by atoms with van der Waals surface area (Å²) in [4.78, 5) is 2.47. The SMILES string of the molecule is Cc1ccc(C(N)CN)s1. The number of hydrogen-bond donors (Lipinski definition) is 2. The van der Waals surface area contributed by atoms with Crippen LogP contribution in [0, 0.1) is 6.92 Å². The molecule has 4 N–H and O–H groups in total. The van der Waals surface area contributed by atoms with Gasteiger partial charge in [0.05, 0.1) is 6.04 Å². The molecule has 0 aliphatic heterocycles. The van der Waals surface area contributed by atoms with Crippen molar-refractivity contribution in [1.82, 2.24) is 0 Å². The standard InChI is InChI=1S/C7H12N2S/c1-5-2-3-7(10-5)6(9)4-8/h2-3,6H,4,8-9H2,1H3. The molecule has 1 heterocycles. The number of aryl methyl sites for hydroxylation is 1. The molecule has 56 valence electrons. The van der Waals surface area contributed by atoms with Crippen LogP contribution < -0.4 is 11.5 Å². The number of rotatable bonds is 2. The van der Waals surface area contributed by atoms with Crippen molar-refractivity contribution in [1.29, 1.82) is 0 Å². The van der Waals surface area contributed by atoms with Crippen molar-refractivity contribution in [3.63, 3.8) is 0 Å². The fourth-order valence-corrected chi connectivity index (χ4v) is 1.66. The lowest BCUT2D eigenvalue weighted by molar-refractivity contribution is 0.752. The summed E-state index contributed by atoms with van der Waals surface area (Å²) in [5.41, 5.74) is 11.1. The maximum atomic E-state index is 5.69. The Balaban J connectivity index is 2.74. The van der Waals surface area contributed by atoms with Crippen LogP contribution in [0.5, 0.6) is 0 Å². The molecule has 0 spiro atoms. The zero-order valence-electron chi connectivity index (χ0n) is 6.00. The van der Waals surface area contributed by atoms with Gasteiger partial charge >= 0.3 is 0 Å². The van der Waals surface area contributed by atoms with Gasteiger partial charge in [0.25, 0.3) is 0 Å². The molecular weight excluding hydrogens is 144 g/mol. The lowest BCUT2D eigenvalue weighted by Crippen LogP contribution is -2.19. The molecule has 1 atom stereocenters. The number of nitrogens with two attached hydrogens (primary N) is 2. The molecule has 10 heavy (non-hydrogen) atoms. The zero-order valence-corrected chi connectivity index (χ0v) is 6.82.